The number of ether oxygens (including phenoxy) is 7. The van der Waals surface area contributed by atoms with Crippen LogP contribution >= 0.6 is 0 Å². The average Bonchev–Trinajstić information content (AvgIpc) is 3.62. The molecular weight excluding hydrogens is 400 g/mol. The van der Waals surface area contributed by atoms with Gasteiger partial charge in [0.15, 0.2) is 0 Å². The highest BCUT2D eigenvalue weighted by Crippen LogP contribution is 2.45. The summed E-state index contributed by atoms with van der Waals surface area (Å²) in [6.07, 6.45) is 10.4. The predicted octanol–water partition coefficient (Wildman–Crippen LogP) is 2.59. The maximum Gasteiger partial charge on any atom is 0.104 e. The van der Waals surface area contributed by atoms with Gasteiger partial charge in [0.25, 0.3) is 0 Å². The van der Waals surface area contributed by atoms with E-state index in [0.717, 1.165) is 84.6 Å². The van der Waals surface area contributed by atoms with E-state index < -0.39 is 0 Å². The molecule has 5 rings (SSSR count). The molecule has 8 atom stereocenters. The molecule has 178 valence electrons. The minimum absolute atomic E-state index is 0.328. The zero-order valence-electron chi connectivity index (χ0n) is 18.8. The molecule has 0 bridgehead atoms. The lowest BCUT2D eigenvalue weighted by molar-refractivity contribution is 0.0287. The van der Waals surface area contributed by atoms with Gasteiger partial charge in [-0.25, -0.2) is 0 Å². The van der Waals surface area contributed by atoms with Crippen molar-refractivity contribution in [3.05, 3.63) is 0 Å². The quantitative estimate of drug-likeness (QED) is 0.239. The molecular formula is C24H40O7. The maximum atomic E-state index is 6.14. The molecule has 1 aliphatic carbocycles. The first-order chi connectivity index (χ1) is 15.3. The summed E-state index contributed by atoms with van der Waals surface area (Å²) >= 11 is 0. The van der Waals surface area contributed by atoms with E-state index in [2.05, 4.69) is 0 Å². The molecule has 5 fully saturated rings. The smallest absolute Gasteiger partial charge is 0.104 e. The lowest BCUT2D eigenvalue weighted by Gasteiger charge is -2.35. The van der Waals surface area contributed by atoms with Crippen molar-refractivity contribution >= 4 is 0 Å². The normalized spacial score (nSPS) is 37.2. The summed E-state index contributed by atoms with van der Waals surface area (Å²) in [5.74, 6) is 1.96. The lowest BCUT2D eigenvalue weighted by Crippen LogP contribution is -2.31. The van der Waals surface area contributed by atoms with Crippen LogP contribution < -0.4 is 0 Å². The first-order valence-corrected chi connectivity index (χ1v) is 12.6. The van der Waals surface area contributed by atoms with Crippen molar-refractivity contribution in [1.82, 2.24) is 0 Å². The van der Waals surface area contributed by atoms with Crippen LogP contribution in [0, 0.1) is 17.8 Å². The Kier molecular flexibility index (Phi) is 8.15. The molecule has 0 N–H and O–H groups in total. The van der Waals surface area contributed by atoms with Gasteiger partial charge in [-0.2, -0.15) is 0 Å². The molecule has 5 aliphatic rings. The van der Waals surface area contributed by atoms with Crippen molar-refractivity contribution < 1.29 is 33.2 Å². The fraction of sp³-hybridized carbons (Fsp3) is 1.00. The second kappa shape index (κ2) is 11.2. The van der Waals surface area contributed by atoms with E-state index in [-0.39, 0.29) is 0 Å². The monoisotopic (exact) mass is 440 g/mol. The summed E-state index contributed by atoms with van der Waals surface area (Å²) in [4.78, 5) is 0. The van der Waals surface area contributed by atoms with Crippen molar-refractivity contribution in [1.29, 1.82) is 0 Å². The molecule has 7 nitrogen and oxygen atoms in total. The summed E-state index contributed by atoms with van der Waals surface area (Å²) in [7, 11) is 0. The molecule has 0 aromatic heterocycles. The summed E-state index contributed by atoms with van der Waals surface area (Å²) in [6.45, 7) is 7.30. The minimum Gasteiger partial charge on any atom is -0.379 e. The van der Waals surface area contributed by atoms with Gasteiger partial charge in [-0.15, -0.1) is 0 Å². The van der Waals surface area contributed by atoms with Gasteiger partial charge in [0.05, 0.1) is 51.8 Å². The van der Waals surface area contributed by atoms with E-state index in [0.29, 0.717) is 42.4 Å². The van der Waals surface area contributed by atoms with Gasteiger partial charge in [-0.05, 0) is 62.7 Å². The van der Waals surface area contributed by atoms with Crippen LogP contribution in [0.4, 0.5) is 0 Å². The SMILES string of the molecule is C(COCC1CO1)CC(COCC1CO1)C(CCCOCC1CO1)C1CCC2OC2C1. The first kappa shape index (κ1) is 22.5. The number of fused-ring (bicyclic) bond motifs is 1. The van der Waals surface area contributed by atoms with E-state index in [9.17, 15) is 0 Å². The van der Waals surface area contributed by atoms with Crippen molar-refractivity contribution in [3.63, 3.8) is 0 Å². The topological polar surface area (TPSA) is 77.8 Å². The predicted molar refractivity (Wildman–Crippen MR) is 113 cm³/mol. The second-order valence-electron chi connectivity index (χ2n) is 10.0. The van der Waals surface area contributed by atoms with Gasteiger partial charge in [0.2, 0.25) is 0 Å². The Labute approximate surface area is 186 Å². The van der Waals surface area contributed by atoms with Crippen LogP contribution in [-0.4, -0.2) is 90.0 Å². The van der Waals surface area contributed by atoms with Crippen LogP contribution in [0.25, 0.3) is 0 Å². The zero-order valence-corrected chi connectivity index (χ0v) is 18.8. The highest BCUT2D eigenvalue weighted by molar-refractivity contribution is 4.94. The molecule has 0 aromatic rings. The van der Waals surface area contributed by atoms with Crippen LogP contribution in [0.5, 0.6) is 0 Å². The third-order valence-corrected chi connectivity index (χ3v) is 7.40. The van der Waals surface area contributed by atoms with Gasteiger partial charge in [0, 0.05) is 19.8 Å². The van der Waals surface area contributed by atoms with E-state index in [4.69, 9.17) is 33.2 Å². The fourth-order valence-corrected chi connectivity index (χ4v) is 5.24. The number of epoxide rings is 4. The standard InChI is InChI=1S/C24H40O7/c1(7-25-11-19-14-28-19)3-18(10-27-13-21-16-30-21)22(4-2-8-26-12-20-15-29-20)17-5-6-23-24(9-17)31-23/h17-24H,1-16H2. The number of hydrogen-bond acceptors (Lipinski definition) is 7. The molecule has 4 aliphatic heterocycles. The number of rotatable bonds is 18. The molecule has 31 heavy (non-hydrogen) atoms. The number of hydrogen-bond donors (Lipinski definition) is 0. The van der Waals surface area contributed by atoms with Crippen LogP contribution in [0.1, 0.15) is 44.9 Å². The third-order valence-electron chi connectivity index (χ3n) is 7.40. The Morgan fingerprint density at radius 2 is 1.32 bits per heavy atom. The molecule has 0 radical (unpaired) electrons. The largest absolute Gasteiger partial charge is 0.379 e. The van der Waals surface area contributed by atoms with Crippen molar-refractivity contribution in [2.24, 2.45) is 17.8 Å². The Balaban J connectivity index is 1.11. The van der Waals surface area contributed by atoms with Crippen molar-refractivity contribution in [2.75, 3.05) is 59.5 Å². The van der Waals surface area contributed by atoms with Gasteiger partial charge in [-0.3, -0.25) is 0 Å². The maximum absolute atomic E-state index is 6.14. The summed E-state index contributed by atoms with van der Waals surface area (Å²) in [5.41, 5.74) is 0. The van der Waals surface area contributed by atoms with Gasteiger partial charge in [0.1, 0.15) is 18.3 Å². The van der Waals surface area contributed by atoms with Crippen LogP contribution in [0.3, 0.4) is 0 Å². The Bertz CT molecular complexity index is 534. The molecule has 0 aromatic carbocycles. The van der Waals surface area contributed by atoms with Crippen molar-refractivity contribution in [3.8, 4) is 0 Å². The molecule has 4 saturated heterocycles. The first-order valence-electron chi connectivity index (χ1n) is 12.6. The highest BCUT2D eigenvalue weighted by atomic mass is 16.6. The average molecular weight is 441 g/mol. The molecule has 0 amide bonds. The lowest BCUT2D eigenvalue weighted by atomic mass is 9.71. The summed E-state index contributed by atoms with van der Waals surface area (Å²) in [6, 6.07) is 0. The Morgan fingerprint density at radius 1 is 0.710 bits per heavy atom. The second-order valence-corrected chi connectivity index (χ2v) is 10.0. The van der Waals surface area contributed by atoms with Gasteiger partial charge in [-0.1, -0.05) is 0 Å². The Hall–Kier alpha value is -0.280. The summed E-state index contributed by atoms with van der Waals surface area (Å²) < 4.78 is 39.5. The fourth-order valence-electron chi connectivity index (χ4n) is 5.24. The van der Waals surface area contributed by atoms with E-state index in [1.807, 2.05) is 0 Å². The molecule has 1 saturated carbocycles. The van der Waals surface area contributed by atoms with E-state index in [1.165, 1.54) is 25.7 Å². The summed E-state index contributed by atoms with van der Waals surface area (Å²) in [5, 5.41) is 0. The molecule has 7 heteroatoms. The molecule has 8 unspecified atom stereocenters. The van der Waals surface area contributed by atoms with Crippen molar-refractivity contribution in [2.45, 2.75) is 75.5 Å². The van der Waals surface area contributed by atoms with Crippen LogP contribution in [0.15, 0.2) is 0 Å². The zero-order chi connectivity index (χ0) is 20.9. The van der Waals surface area contributed by atoms with E-state index >= 15 is 0 Å². The highest BCUT2D eigenvalue weighted by Gasteiger charge is 2.46. The molecule has 0 spiro atoms. The van der Waals surface area contributed by atoms with Crippen LogP contribution in [0.2, 0.25) is 0 Å². The van der Waals surface area contributed by atoms with E-state index in [1.54, 1.807) is 0 Å². The minimum atomic E-state index is 0.328. The van der Waals surface area contributed by atoms with Crippen LogP contribution in [-0.2, 0) is 33.2 Å². The van der Waals surface area contributed by atoms with Gasteiger partial charge >= 0.3 is 0 Å². The van der Waals surface area contributed by atoms with Gasteiger partial charge < -0.3 is 33.2 Å². The third kappa shape index (κ3) is 7.91. The Morgan fingerprint density at radius 3 is 1.94 bits per heavy atom. The molecule has 4 heterocycles.